The van der Waals surface area contributed by atoms with E-state index in [1.165, 1.54) is 84.2 Å². The Balaban J connectivity index is 3.90. The fourth-order valence-corrected chi connectivity index (χ4v) is 4.65. The Hall–Kier alpha value is -0.540. The maximum absolute atomic E-state index is 11.8. The fraction of sp³-hybridized carbons (Fsp3) is 0.963. The van der Waals surface area contributed by atoms with Crippen molar-refractivity contribution in [3.05, 3.63) is 0 Å². The van der Waals surface area contributed by atoms with Crippen molar-refractivity contribution in [1.29, 1.82) is 0 Å². The molecule has 2 atom stereocenters. The van der Waals surface area contributed by atoms with E-state index in [4.69, 9.17) is 18.5 Å². The zero-order valence-electron chi connectivity index (χ0n) is 23.8. The SMILES string of the molecule is CCCCCCCCCCCCCCCCOCC(COP(=O)([O-])OCC[NH3+])OCCCCC(=O)OC. The molecule has 0 aliphatic rings. The predicted molar refractivity (Wildman–Crippen MR) is 144 cm³/mol. The first-order valence-corrected chi connectivity index (χ1v) is 16.1. The van der Waals surface area contributed by atoms with Crippen LogP contribution in [-0.2, 0) is 32.6 Å². The van der Waals surface area contributed by atoms with Crippen LogP contribution in [0.2, 0.25) is 0 Å². The quantitative estimate of drug-likeness (QED) is 0.0781. The molecule has 0 aliphatic carbocycles. The van der Waals surface area contributed by atoms with Crippen LogP contribution in [0.15, 0.2) is 0 Å². The molecule has 0 bridgehead atoms. The van der Waals surface area contributed by atoms with Crippen LogP contribution in [0.4, 0.5) is 0 Å². The van der Waals surface area contributed by atoms with Gasteiger partial charge in [-0.25, -0.2) is 0 Å². The van der Waals surface area contributed by atoms with Crippen LogP contribution in [0.3, 0.4) is 0 Å². The average Bonchev–Trinajstić information content (AvgIpc) is 2.89. The standard InChI is InChI=1S/C27H56NO8P/c1-3-4-5-6-7-8-9-10-11-12-13-14-15-17-21-33-24-26(25-36-37(30,31)35-23-20-28)34-22-18-16-19-27(29)32-2/h26H,3-25,28H2,1-2H3,(H,30,31). The highest BCUT2D eigenvalue weighted by Gasteiger charge is 2.16. The summed E-state index contributed by atoms with van der Waals surface area (Å²) in [5, 5.41) is 0. The van der Waals surface area contributed by atoms with E-state index in [0.717, 1.165) is 12.8 Å². The molecule has 0 spiro atoms. The van der Waals surface area contributed by atoms with Crippen molar-refractivity contribution in [3.8, 4) is 0 Å². The van der Waals surface area contributed by atoms with Crippen LogP contribution in [0.5, 0.6) is 0 Å². The maximum atomic E-state index is 11.8. The summed E-state index contributed by atoms with van der Waals surface area (Å²) < 4.78 is 37.6. The van der Waals surface area contributed by atoms with Crippen LogP contribution < -0.4 is 10.6 Å². The molecule has 0 aromatic heterocycles. The van der Waals surface area contributed by atoms with Crippen LogP contribution in [0.1, 0.15) is 116 Å². The highest BCUT2D eigenvalue weighted by atomic mass is 31.2. The summed E-state index contributed by atoms with van der Waals surface area (Å²) in [7, 11) is -3.03. The second-order valence-corrected chi connectivity index (χ2v) is 11.0. The summed E-state index contributed by atoms with van der Waals surface area (Å²) in [4.78, 5) is 23.0. The molecule has 2 unspecified atom stereocenters. The van der Waals surface area contributed by atoms with Crippen LogP contribution in [-0.4, -0.2) is 58.8 Å². The van der Waals surface area contributed by atoms with Crippen LogP contribution in [0.25, 0.3) is 0 Å². The van der Waals surface area contributed by atoms with Gasteiger partial charge < -0.3 is 33.9 Å². The molecule has 0 rings (SSSR count). The molecule has 10 heteroatoms. The smallest absolute Gasteiger partial charge is 0.305 e. The fourth-order valence-electron chi connectivity index (χ4n) is 3.87. The molecular formula is C27H56NO8P. The number of esters is 1. The zero-order chi connectivity index (χ0) is 27.5. The third kappa shape index (κ3) is 26.8. The number of phosphoric ester groups is 1. The van der Waals surface area contributed by atoms with Crippen LogP contribution in [0, 0.1) is 0 Å². The lowest BCUT2D eigenvalue weighted by atomic mass is 10.0. The monoisotopic (exact) mass is 553 g/mol. The summed E-state index contributed by atoms with van der Waals surface area (Å²) in [5.74, 6) is -0.258. The molecule has 222 valence electrons. The van der Waals surface area contributed by atoms with E-state index in [1.807, 2.05) is 0 Å². The van der Waals surface area contributed by atoms with E-state index in [9.17, 15) is 14.3 Å². The van der Waals surface area contributed by atoms with Gasteiger partial charge in [-0.2, -0.15) is 0 Å². The normalized spacial score (nSPS) is 13.9. The van der Waals surface area contributed by atoms with Crippen molar-refractivity contribution in [2.45, 2.75) is 122 Å². The Morgan fingerprint density at radius 3 is 1.84 bits per heavy atom. The molecule has 0 aromatic rings. The van der Waals surface area contributed by atoms with Gasteiger partial charge in [-0.05, 0) is 19.3 Å². The van der Waals surface area contributed by atoms with E-state index in [2.05, 4.69) is 17.4 Å². The van der Waals surface area contributed by atoms with Crippen molar-refractivity contribution >= 4 is 13.8 Å². The summed E-state index contributed by atoms with van der Waals surface area (Å²) in [5.41, 5.74) is 3.55. The molecule has 9 nitrogen and oxygen atoms in total. The number of rotatable bonds is 29. The lowest BCUT2D eigenvalue weighted by molar-refractivity contribution is -0.373. The van der Waals surface area contributed by atoms with Gasteiger partial charge in [0.25, 0.3) is 7.82 Å². The van der Waals surface area contributed by atoms with Crippen LogP contribution >= 0.6 is 7.82 Å². The van der Waals surface area contributed by atoms with E-state index >= 15 is 0 Å². The number of carbonyl (C=O) groups is 1. The topological polar surface area (TPSA) is 131 Å². The van der Waals surface area contributed by atoms with Crippen molar-refractivity contribution in [1.82, 2.24) is 0 Å². The van der Waals surface area contributed by atoms with Gasteiger partial charge in [-0.1, -0.05) is 90.4 Å². The number of hydrogen-bond donors (Lipinski definition) is 1. The van der Waals surface area contributed by atoms with E-state index in [1.54, 1.807) is 0 Å². The molecule has 0 aliphatic heterocycles. The molecule has 3 N–H and O–H groups in total. The van der Waals surface area contributed by atoms with E-state index < -0.39 is 13.9 Å². The minimum atomic E-state index is -4.39. The molecular weight excluding hydrogens is 497 g/mol. The van der Waals surface area contributed by atoms with E-state index in [-0.39, 0.29) is 25.8 Å². The van der Waals surface area contributed by atoms with Gasteiger partial charge in [0.1, 0.15) is 12.7 Å². The Morgan fingerprint density at radius 2 is 1.30 bits per heavy atom. The molecule has 0 saturated carbocycles. The number of methoxy groups -OCH3 is 1. The number of ether oxygens (including phenoxy) is 3. The number of carbonyl (C=O) groups excluding carboxylic acids is 1. The first-order valence-electron chi connectivity index (χ1n) is 14.6. The zero-order valence-corrected chi connectivity index (χ0v) is 24.7. The molecule has 0 saturated heterocycles. The molecule has 0 amide bonds. The molecule has 37 heavy (non-hydrogen) atoms. The van der Waals surface area contributed by atoms with Gasteiger partial charge in [-0.15, -0.1) is 0 Å². The highest BCUT2D eigenvalue weighted by Crippen LogP contribution is 2.38. The molecule has 0 fully saturated rings. The van der Waals surface area contributed by atoms with Gasteiger partial charge in [0, 0.05) is 19.6 Å². The first-order chi connectivity index (χ1) is 17.9. The summed E-state index contributed by atoms with van der Waals surface area (Å²) in [6.45, 7) is 3.62. The number of quaternary nitrogens is 1. The summed E-state index contributed by atoms with van der Waals surface area (Å²) in [6.07, 6.45) is 19.3. The lowest BCUT2D eigenvalue weighted by Crippen LogP contribution is -2.52. The summed E-state index contributed by atoms with van der Waals surface area (Å²) >= 11 is 0. The number of unbranched alkanes of at least 4 members (excludes halogenated alkanes) is 14. The van der Waals surface area contributed by atoms with Gasteiger partial charge in [-0.3, -0.25) is 9.36 Å². The average molecular weight is 554 g/mol. The predicted octanol–water partition coefficient (Wildman–Crippen LogP) is 4.96. The second kappa shape index (κ2) is 27.0. The maximum Gasteiger partial charge on any atom is 0.305 e. The highest BCUT2D eigenvalue weighted by molar-refractivity contribution is 7.45. The van der Waals surface area contributed by atoms with E-state index in [0.29, 0.717) is 39.0 Å². The Labute approximate surface area is 226 Å². The van der Waals surface area contributed by atoms with Gasteiger partial charge in [0.05, 0.1) is 26.9 Å². The second-order valence-electron chi connectivity index (χ2n) is 9.63. The minimum absolute atomic E-state index is 0.0184. The summed E-state index contributed by atoms with van der Waals surface area (Å²) in [6, 6.07) is 0. The van der Waals surface area contributed by atoms with Crippen molar-refractivity contribution in [2.24, 2.45) is 0 Å². The Morgan fingerprint density at radius 1 is 0.757 bits per heavy atom. The van der Waals surface area contributed by atoms with Crippen molar-refractivity contribution < 1.29 is 43.2 Å². The largest absolute Gasteiger partial charge is 0.756 e. The van der Waals surface area contributed by atoms with Gasteiger partial charge in [0.15, 0.2) is 0 Å². The van der Waals surface area contributed by atoms with Gasteiger partial charge in [0.2, 0.25) is 0 Å². The molecule has 0 aromatic carbocycles. The lowest BCUT2D eigenvalue weighted by Gasteiger charge is -2.25. The first kappa shape index (κ1) is 36.5. The molecule has 0 radical (unpaired) electrons. The number of phosphoric acid groups is 1. The van der Waals surface area contributed by atoms with Crippen molar-refractivity contribution in [3.63, 3.8) is 0 Å². The molecule has 0 heterocycles. The minimum Gasteiger partial charge on any atom is -0.756 e. The third-order valence-electron chi connectivity index (χ3n) is 6.11. The third-order valence-corrected chi connectivity index (χ3v) is 7.08. The number of hydrogen-bond acceptors (Lipinski definition) is 8. The van der Waals surface area contributed by atoms with Gasteiger partial charge >= 0.3 is 5.97 Å². The Kier molecular flexibility index (Phi) is 26.6. The van der Waals surface area contributed by atoms with Crippen molar-refractivity contribution in [2.75, 3.05) is 46.7 Å². The Bertz CT molecular complexity index is 552.